The van der Waals surface area contributed by atoms with Crippen LogP contribution in [0.3, 0.4) is 0 Å². The Morgan fingerprint density at radius 1 is 1.00 bits per heavy atom. The highest BCUT2D eigenvalue weighted by Crippen LogP contribution is 2.30. The van der Waals surface area contributed by atoms with Crippen LogP contribution >= 0.6 is 11.3 Å². The van der Waals surface area contributed by atoms with Crippen LogP contribution in [0.4, 0.5) is 5.69 Å². The summed E-state index contributed by atoms with van der Waals surface area (Å²) in [6.07, 6.45) is 0. The number of ether oxygens (including phenoxy) is 2. The first-order valence-corrected chi connectivity index (χ1v) is 11.0. The number of thiophene rings is 1. The van der Waals surface area contributed by atoms with Gasteiger partial charge in [-0.15, -0.1) is 11.3 Å². The molecule has 1 aliphatic rings. The Balaban J connectivity index is 1.72. The SMILES string of the molecule is CCOc1ccc2c(c1)C(c1ccc(OCC(C)C)cc1)=NNC(c1cccs1)=N2. The standard InChI is InChI=1S/C24H25N3O2S/c1-4-28-19-11-12-21-20(14-19)23(26-27-24(25-21)22-6-5-13-30-22)17-7-9-18(10-8-17)29-15-16(2)3/h5-14,16H,4,15H2,1-3H3,(H,25,27). The molecular weight excluding hydrogens is 394 g/mol. The van der Waals surface area contributed by atoms with E-state index >= 15 is 0 Å². The number of fused-ring (bicyclic) bond motifs is 1. The Kier molecular flexibility index (Phi) is 6.14. The number of aliphatic imine (C=N–C) groups is 1. The molecule has 0 fully saturated rings. The third-order valence-electron chi connectivity index (χ3n) is 4.51. The summed E-state index contributed by atoms with van der Waals surface area (Å²) in [6, 6.07) is 18.0. The largest absolute Gasteiger partial charge is 0.494 e. The van der Waals surface area contributed by atoms with Gasteiger partial charge in [0, 0.05) is 11.1 Å². The van der Waals surface area contributed by atoms with Crippen molar-refractivity contribution in [3.05, 3.63) is 76.0 Å². The lowest BCUT2D eigenvalue weighted by atomic mass is 10.0. The van der Waals surface area contributed by atoms with Gasteiger partial charge >= 0.3 is 0 Å². The topological polar surface area (TPSA) is 55.2 Å². The Hall–Kier alpha value is -3.12. The van der Waals surface area contributed by atoms with Crippen molar-refractivity contribution in [2.24, 2.45) is 16.0 Å². The molecule has 3 aromatic rings. The van der Waals surface area contributed by atoms with Gasteiger partial charge in [-0.2, -0.15) is 5.10 Å². The van der Waals surface area contributed by atoms with E-state index in [0.717, 1.165) is 44.7 Å². The summed E-state index contributed by atoms with van der Waals surface area (Å²) in [5.41, 5.74) is 6.74. The lowest BCUT2D eigenvalue weighted by Gasteiger charge is -2.12. The monoisotopic (exact) mass is 419 g/mol. The molecule has 0 bridgehead atoms. The normalized spacial score (nSPS) is 13.1. The number of rotatable bonds is 7. The van der Waals surface area contributed by atoms with Gasteiger partial charge < -0.3 is 9.47 Å². The maximum atomic E-state index is 5.82. The van der Waals surface area contributed by atoms with E-state index in [1.54, 1.807) is 11.3 Å². The number of hydrazone groups is 1. The minimum absolute atomic E-state index is 0.483. The van der Waals surface area contributed by atoms with Gasteiger partial charge in [-0.05, 0) is 66.8 Å². The third kappa shape index (κ3) is 4.54. The lowest BCUT2D eigenvalue weighted by molar-refractivity contribution is 0.271. The first-order chi connectivity index (χ1) is 14.6. The molecule has 5 nitrogen and oxygen atoms in total. The molecule has 2 aromatic carbocycles. The van der Waals surface area contributed by atoms with Crippen LogP contribution in [0.2, 0.25) is 0 Å². The average Bonchev–Trinajstić information content (AvgIpc) is 3.22. The fraction of sp³-hybridized carbons (Fsp3) is 0.250. The van der Waals surface area contributed by atoms with E-state index in [0.29, 0.717) is 19.1 Å². The smallest absolute Gasteiger partial charge is 0.164 e. The fourth-order valence-corrected chi connectivity index (χ4v) is 3.75. The number of benzene rings is 2. The molecule has 0 radical (unpaired) electrons. The van der Waals surface area contributed by atoms with Gasteiger partial charge in [0.05, 0.1) is 23.8 Å². The van der Waals surface area contributed by atoms with Crippen LogP contribution in [0.5, 0.6) is 11.5 Å². The zero-order valence-corrected chi connectivity index (χ0v) is 18.2. The highest BCUT2D eigenvalue weighted by molar-refractivity contribution is 7.12. The molecule has 6 heteroatoms. The van der Waals surface area contributed by atoms with E-state index < -0.39 is 0 Å². The maximum Gasteiger partial charge on any atom is 0.164 e. The third-order valence-corrected chi connectivity index (χ3v) is 5.38. The van der Waals surface area contributed by atoms with Gasteiger partial charge in [0.15, 0.2) is 5.84 Å². The van der Waals surface area contributed by atoms with Gasteiger partial charge in [0.25, 0.3) is 0 Å². The zero-order chi connectivity index (χ0) is 20.9. The minimum atomic E-state index is 0.483. The van der Waals surface area contributed by atoms with Crippen molar-refractivity contribution in [1.82, 2.24) is 5.43 Å². The fourth-order valence-electron chi connectivity index (χ4n) is 3.09. The molecule has 0 aliphatic carbocycles. The highest BCUT2D eigenvalue weighted by atomic mass is 32.1. The Labute approximate surface area is 181 Å². The number of hydrogen-bond donors (Lipinski definition) is 1. The van der Waals surface area contributed by atoms with Crippen molar-refractivity contribution in [1.29, 1.82) is 0 Å². The number of hydrogen-bond acceptors (Lipinski definition) is 6. The van der Waals surface area contributed by atoms with Crippen molar-refractivity contribution < 1.29 is 9.47 Å². The summed E-state index contributed by atoms with van der Waals surface area (Å²) in [7, 11) is 0. The minimum Gasteiger partial charge on any atom is -0.494 e. The first kappa shape index (κ1) is 20.2. The van der Waals surface area contributed by atoms with Crippen molar-refractivity contribution in [2.75, 3.05) is 13.2 Å². The van der Waals surface area contributed by atoms with E-state index in [4.69, 9.17) is 19.6 Å². The van der Waals surface area contributed by atoms with E-state index in [1.165, 1.54) is 0 Å². The Bertz CT molecular complexity index is 1050. The quantitative estimate of drug-likeness (QED) is 0.541. The van der Waals surface area contributed by atoms with Crippen LogP contribution in [0.15, 0.2) is 70.1 Å². The molecule has 0 amide bonds. The number of nitrogens with one attached hydrogen (secondary N) is 1. The second kappa shape index (κ2) is 9.13. The molecule has 154 valence electrons. The van der Waals surface area contributed by atoms with Gasteiger partial charge in [0.1, 0.15) is 17.2 Å². The van der Waals surface area contributed by atoms with E-state index in [1.807, 2.05) is 66.9 Å². The van der Waals surface area contributed by atoms with E-state index in [-0.39, 0.29) is 0 Å². The summed E-state index contributed by atoms with van der Waals surface area (Å²) in [5, 5.41) is 6.76. The van der Waals surface area contributed by atoms with Crippen LogP contribution < -0.4 is 14.9 Å². The molecule has 0 saturated carbocycles. The number of amidine groups is 1. The van der Waals surface area contributed by atoms with Crippen molar-refractivity contribution in [3.63, 3.8) is 0 Å². The van der Waals surface area contributed by atoms with Crippen LogP contribution in [-0.2, 0) is 0 Å². The van der Waals surface area contributed by atoms with Crippen molar-refractivity contribution >= 4 is 28.6 Å². The summed E-state index contributed by atoms with van der Waals surface area (Å²) < 4.78 is 11.6. The zero-order valence-electron chi connectivity index (χ0n) is 17.4. The van der Waals surface area contributed by atoms with E-state index in [9.17, 15) is 0 Å². The first-order valence-electron chi connectivity index (χ1n) is 10.1. The second-order valence-corrected chi connectivity index (χ2v) is 8.30. The van der Waals surface area contributed by atoms with Gasteiger partial charge in [-0.25, -0.2) is 4.99 Å². The summed E-state index contributed by atoms with van der Waals surface area (Å²) in [6.45, 7) is 7.55. The molecule has 0 unspecified atom stereocenters. The van der Waals surface area contributed by atoms with Crippen LogP contribution in [0, 0.1) is 5.92 Å². The molecule has 0 spiro atoms. The molecule has 0 saturated heterocycles. The van der Waals surface area contributed by atoms with Crippen LogP contribution in [0.25, 0.3) is 0 Å². The van der Waals surface area contributed by atoms with Gasteiger partial charge in [-0.1, -0.05) is 19.9 Å². The van der Waals surface area contributed by atoms with Crippen molar-refractivity contribution in [2.45, 2.75) is 20.8 Å². The van der Waals surface area contributed by atoms with Crippen molar-refractivity contribution in [3.8, 4) is 11.5 Å². The average molecular weight is 420 g/mol. The molecule has 1 aromatic heterocycles. The second-order valence-electron chi connectivity index (χ2n) is 7.35. The molecule has 1 aliphatic heterocycles. The predicted octanol–water partition coefficient (Wildman–Crippen LogP) is 5.62. The van der Waals surface area contributed by atoms with Crippen LogP contribution in [0.1, 0.15) is 36.8 Å². The van der Waals surface area contributed by atoms with E-state index in [2.05, 4.69) is 19.3 Å². The molecule has 0 atom stereocenters. The molecule has 2 heterocycles. The number of nitrogens with zero attached hydrogens (tertiary/aromatic N) is 2. The van der Waals surface area contributed by atoms with Gasteiger partial charge in [-0.3, -0.25) is 5.43 Å². The lowest BCUT2D eigenvalue weighted by Crippen LogP contribution is -2.18. The van der Waals surface area contributed by atoms with Gasteiger partial charge in [0.2, 0.25) is 0 Å². The predicted molar refractivity (Wildman–Crippen MR) is 124 cm³/mol. The summed E-state index contributed by atoms with van der Waals surface area (Å²) in [4.78, 5) is 5.89. The summed E-state index contributed by atoms with van der Waals surface area (Å²) in [5.74, 6) is 2.88. The Morgan fingerprint density at radius 3 is 2.50 bits per heavy atom. The molecule has 30 heavy (non-hydrogen) atoms. The summed E-state index contributed by atoms with van der Waals surface area (Å²) >= 11 is 1.63. The molecule has 1 N–H and O–H groups in total. The Morgan fingerprint density at radius 2 is 1.80 bits per heavy atom. The molecule has 4 rings (SSSR count). The van der Waals surface area contributed by atoms with Crippen LogP contribution in [-0.4, -0.2) is 24.8 Å². The molecular formula is C24H25N3O2S. The maximum absolute atomic E-state index is 5.82. The highest BCUT2D eigenvalue weighted by Gasteiger charge is 2.19.